The van der Waals surface area contributed by atoms with E-state index in [9.17, 15) is 0 Å². The molecule has 0 saturated heterocycles. The Kier molecular flexibility index (Phi) is 3.87. The van der Waals surface area contributed by atoms with E-state index < -0.39 is 5.41 Å². The van der Waals surface area contributed by atoms with Crippen LogP contribution >= 0.6 is 0 Å². The number of rotatable bonds is 2. The molecule has 0 saturated carbocycles. The van der Waals surface area contributed by atoms with Gasteiger partial charge < -0.3 is 0 Å². The molecule has 1 aliphatic rings. The van der Waals surface area contributed by atoms with Gasteiger partial charge in [-0.1, -0.05) is 84.6 Å². The molecule has 0 heteroatoms. The fourth-order valence-corrected chi connectivity index (χ4v) is 4.67. The van der Waals surface area contributed by atoms with Gasteiger partial charge >= 0.3 is 0 Å². The zero-order valence-electron chi connectivity index (χ0n) is 15.9. The molecule has 1 aliphatic carbocycles. The minimum Gasteiger partial charge on any atom is -0.115 e. The van der Waals surface area contributed by atoms with Gasteiger partial charge in [-0.25, -0.2) is 0 Å². The van der Waals surface area contributed by atoms with Gasteiger partial charge in [0, 0.05) is 11.1 Å². The van der Waals surface area contributed by atoms with Crippen LogP contribution in [0.2, 0.25) is 0 Å². The molecule has 134 valence electrons. The van der Waals surface area contributed by atoms with E-state index in [1.165, 1.54) is 33.4 Å². The Hall–Kier alpha value is -4.00. The highest BCUT2D eigenvalue weighted by atomic mass is 14.5. The van der Waals surface area contributed by atoms with Crippen LogP contribution in [0.4, 0.5) is 0 Å². The number of benzene rings is 4. The summed E-state index contributed by atoms with van der Waals surface area (Å²) in [5.74, 6) is 5.60. The van der Waals surface area contributed by atoms with Crippen molar-refractivity contribution in [1.29, 1.82) is 0 Å². The van der Waals surface area contributed by atoms with E-state index in [4.69, 9.17) is 12.8 Å². The summed E-state index contributed by atoms with van der Waals surface area (Å²) < 4.78 is 0. The van der Waals surface area contributed by atoms with E-state index in [1.54, 1.807) is 0 Å². The molecule has 0 spiro atoms. The lowest BCUT2D eigenvalue weighted by Gasteiger charge is -2.34. The summed E-state index contributed by atoms with van der Waals surface area (Å²) >= 11 is 0. The first-order chi connectivity index (χ1) is 14.3. The molecular formula is C29H18. The third kappa shape index (κ3) is 2.37. The number of hydrogen-bond donors (Lipinski definition) is 0. The fourth-order valence-electron chi connectivity index (χ4n) is 4.67. The van der Waals surface area contributed by atoms with Crippen LogP contribution in [0, 0.1) is 24.7 Å². The fraction of sp³-hybridized carbons (Fsp3) is 0.0345. The molecule has 4 aromatic carbocycles. The van der Waals surface area contributed by atoms with Crippen LogP contribution in [-0.2, 0) is 5.41 Å². The Morgan fingerprint density at radius 2 is 1.07 bits per heavy atom. The monoisotopic (exact) mass is 366 g/mol. The second kappa shape index (κ2) is 6.56. The van der Waals surface area contributed by atoms with E-state index >= 15 is 0 Å². The van der Waals surface area contributed by atoms with Gasteiger partial charge in [-0.05, 0) is 57.6 Å². The lowest BCUT2D eigenvalue weighted by atomic mass is 9.67. The summed E-state index contributed by atoms with van der Waals surface area (Å²) in [5.41, 5.74) is 8.55. The lowest BCUT2D eigenvalue weighted by Crippen LogP contribution is -2.28. The molecule has 29 heavy (non-hydrogen) atoms. The Morgan fingerprint density at radius 1 is 0.517 bits per heavy atom. The molecule has 0 N–H and O–H groups in total. The second-order valence-corrected chi connectivity index (χ2v) is 7.29. The minimum atomic E-state index is -0.437. The van der Waals surface area contributed by atoms with E-state index in [0.29, 0.717) is 0 Å². The van der Waals surface area contributed by atoms with Crippen molar-refractivity contribution in [3.05, 3.63) is 130 Å². The van der Waals surface area contributed by atoms with Crippen molar-refractivity contribution < 1.29 is 0 Å². The molecule has 0 heterocycles. The molecule has 0 aromatic heterocycles. The molecule has 0 unspecified atom stereocenters. The molecule has 0 atom stereocenters. The van der Waals surface area contributed by atoms with E-state index in [-0.39, 0.29) is 0 Å². The topological polar surface area (TPSA) is 0 Å². The maximum atomic E-state index is 5.78. The predicted molar refractivity (Wildman–Crippen MR) is 120 cm³/mol. The van der Waals surface area contributed by atoms with Gasteiger partial charge in [0.05, 0.1) is 5.41 Å². The summed E-state index contributed by atoms with van der Waals surface area (Å²) in [6, 6.07) is 33.9. The molecule has 0 radical (unpaired) electrons. The van der Waals surface area contributed by atoms with Crippen molar-refractivity contribution in [2.24, 2.45) is 0 Å². The Labute approximate surface area is 171 Å². The van der Waals surface area contributed by atoms with E-state index in [2.05, 4.69) is 96.8 Å². The van der Waals surface area contributed by atoms with E-state index in [1.807, 2.05) is 12.1 Å². The summed E-state index contributed by atoms with van der Waals surface area (Å²) in [6.07, 6.45) is 11.5. The smallest absolute Gasteiger partial charge is 0.0714 e. The summed E-state index contributed by atoms with van der Waals surface area (Å²) in [6.45, 7) is 0. The van der Waals surface area contributed by atoms with Gasteiger partial charge in [0.15, 0.2) is 0 Å². The molecule has 0 aliphatic heterocycles. The first kappa shape index (κ1) is 17.1. The van der Waals surface area contributed by atoms with Crippen molar-refractivity contribution in [2.75, 3.05) is 0 Å². The van der Waals surface area contributed by atoms with Gasteiger partial charge in [0.2, 0.25) is 0 Å². The summed E-state index contributed by atoms with van der Waals surface area (Å²) in [4.78, 5) is 0. The molecule has 5 rings (SSSR count). The molecule has 0 nitrogen and oxygen atoms in total. The Morgan fingerprint density at radius 3 is 1.66 bits per heavy atom. The molecular weight excluding hydrogens is 348 g/mol. The average Bonchev–Trinajstić information content (AvgIpc) is 3.09. The lowest BCUT2D eigenvalue weighted by molar-refractivity contribution is 0.768. The van der Waals surface area contributed by atoms with Crippen LogP contribution in [0.1, 0.15) is 33.4 Å². The van der Waals surface area contributed by atoms with Crippen LogP contribution in [0.5, 0.6) is 0 Å². The Bertz CT molecular complexity index is 1260. The normalized spacial score (nSPS) is 13.0. The second-order valence-electron chi connectivity index (χ2n) is 7.29. The molecule has 0 fully saturated rings. The molecule has 0 amide bonds. The predicted octanol–water partition coefficient (Wildman–Crippen LogP) is 6.01. The summed E-state index contributed by atoms with van der Waals surface area (Å²) in [7, 11) is 0. The SMILES string of the molecule is C#Cc1ccc2c(c1)-c1ccc(C#C)cc1C2(c1ccccc1)c1ccccc1. The summed E-state index contributed by atoms with van der Waals surface area (Å²) in [5, 5.41) is 0. The van der Waals surface area contributed by atoms with Crippen molar-refractivity contribution in [3.8, 4) is 35.8 Å². The Balaban J connectivity index is 1.99. The van der Waals surface area contributed by atoms with Gasteiger partial charge in [-0.3, -0.25) is 0 Å². The van der Waals surface area contributed by atoms with E-state index in [0.717, 1.165) is 11.1 Å². The average molecular weight is 366 g/mol. The van der Waals surface area contributed by atoms with Crippen LogP contribution in [0.25, 0.3) is 11.1 Å². The van der Waals surface area contributed by atoms with Gasteiger partial charge in [0.25, 0.3) is 0 Å². The highest BCUT2D eigenvalue weighted by Gasteiger charge is 2.46. The highest BCUT2D eigenvalue weighted by Crippen LogP contribution is 2.56. The van der Waals surface area contributed by atoms with Crippen molar-refractivity contribution in [2.45, 2.75) is 5.41 Å². The van der Waals surface area contributed by atoms with Gasteiger partial charge in [-0.15, -0.1) is 12.8 Å². The largest absolute Gasteiger partial charge is 0.115 e. The van der Waals surface area contributed by atoms with Crippen LogP contribution in [-0.4, -0.2) is 0 Å². The zero-order chi connectivity index (χ0) is 19.8. The van der Waals surface area contributed by atoms with Crippen LogP contribution in [0.15, 0.2) is 97.1 Å². The molecule has 0 bridgehead atoms. The highest BCUT2D eigenvalue weighted by molar-refractivity contribution is 5.87. The minimum absolute atomic E-state index is 0.437. The van der Waals surface area contributed by atoms with Crippen molar-refractivity contribution >= 4 is 0 Å². The number of hydrogen-bond acceptors (Lipinski definition) is 0. The van der Waals surface area contributed by atoms with Crippen molar-refractivity contribution in [3.63, 3.8) is 0 Å². The first-order valence-electron chi connectivity index (χ1n) is 9.62. The van der Waals surface area contributed by atoms with Gasteiger partial charge in [0.1, 0.15) is 0 Å². The van der Waals surface area contributed by atoms with Crippen LogP contribution < -0.4 is 0 Å². The van der Waals surface area contributed by atoms with Crippen molar-refractivity contribution in [1.82, 2.24) is 0 Å². The van der Waals surface area contributed by atoms with Crippen LogP contribution in [0.3, 0.4) is 0 Å². The zero-order valence-corrected chi connectivity index (χ0v) is 15.9. The standard InChI is InChI=1S/C29H18/c1-3-21-16-18-27-26(19-21)25-17-15-22(4-2)20-28(25)29(27,23-11-7-5-8-12-23)24-13-9-6-10-14-24/h1-2,5-20H. The number of terminal acetylenes is 2. The maximum absolute atomic E-state index is 5.78. The molecule has 4 aromatic rings. The maximum Gasteiger partial charge on any atom is 0.0714 e. The third-order valence-corrected chi connectivity index (χ3v) is 5.88. The first-order valence-corrected chi connectivity index (χ1v) is 9.62. The number of fused-ring (bicyclic) bond motifs is 3. The quantitative estimate of drug-likeness (QED) is 0.336. The third-order valence-electron chi connectivity index (χ3n) is 5.88. The van der Waals surface area contributed by atoms with Gasteiger partial charge in [-0.2, -0.15) is 0 Å².